The number of nitrogens with one attached hydrogen (secondary N) is 1. The molecule has 1 aliphatic rings. The minimum absolute atomic E-state index is 0.0422. The number of carbonyl (C=O) groups excluding carboxylic acids is 1. The average molecular weight is 329 g/mol. The van der Waals surface area contributed by atoms with Gasteiger partial charge in [-0.2, -0.15) is 0 Å². The molecule has 1 amide bonds. The molecule has 3 rings (SSSR count). The number of hydrogen-bond donors (Lipinski definition) is 1. The summed E-state index contributed by atoms with van der Waals surface area (Å²) in [5.41, 5.74) is 4.97. The van der Waals surface area contributed by atoms with Crippen molar-refractivity contribution in [1.29, 1.82) is 0 Å². The molecule has 0 spiro atoms. The number of amides is 1. The number of carbonyl (C=O) groups is 1. The maximum absolute atomic E-state index is 12.5. The molecule has 1 saturated heterocycles. The van der Waals surface area contributed by atoms with Gasteiger partial charge in [-0.25, -0.2) is 10.4 Å². The summed E-state index contributed by atoms with van der Waals surface area (Å²) >= 11 is 1.63. The van der Waals surface area contributed by atoms with Crippen molar-refractivity contribution in [2.75, 3.05) is 26.3 Å². The lowest BCUT2D eigenvalue weighted by Gasteiger charge is -2.20. The SMILES string of the molecule is O=C(c1ccnc(SCc2ccccc2)c1)N1CCOCCN1. The molecule has 1 N–H and O–H groups in total. The van der Waals surface area contributed by atoms with E-state index in [4.69, 9.17) is 4.74 Å². The Bertz CT molecular complexity index is 643. The first-order chi connectivity index (χ1) is 11.3. The lowest BCUT2D eigenvalue weighted by Crippen LogP contribution is -2.43. The highest BCUT2D eigenvalue weighted by Gasteiger charge is 2.17. The number of hydrazine groups is 1. The van der Waals surface area contributed by atoms with Crippen LogP contribution in [0.3, 0.4) is 0 Å². The zero-order valence-corrected chi connectivity index (χ0v) is 13.6. The van der Waals surface area contributed by atoms with Crippen molar-refractivity contribution in [1.82, 2.24) is 15.4 Å². The van der Waals surface area contributed by atoms with E-state index in [2.05, 4.69) is 22.5 Å². The molecule has 1 fully saturated rings. The highest BCUT2D eigenvalue weighted by Crippen LogP contribution is 2.21. The van der Waals surface area contributed by atoms with Gasteiger partial charge in [-0.05, 0) is 17.7 Å². The molecule has 0 radical (unpaired) electrons. The average Bonchev–Trinajstić information content (AvgIpc) is 2.90. The summed E-state index contributed by atoms with van der Waals surface area (Å²) in [5, 5.41) is 2.47. The van der Waals surface area contributed by atoms with Crippen molar-refractivity contribution in [2.45, 2.75) is 10.8 Å². The Balaban J connectivity index is 1.65. The quantitative estimate of drug-likeness (QED) is 0.873. The van der Waals surface area contributed by atoms with Crippen LogP contribution in [-0.2, 0) is 10.5 Å². The van der Waals surface area contributed by atoms with Gasteiger partial charge in [-0.1, -0.05) is 30.3 Å². The third kappa shape index (κ3) is 4.54. The zero-order valence-electron chi connectivity index (χ0n) is 12.8. The lowest BCUT2D eigenvalue weighted by molar-refractivity contribution is 0.0660. The van der Waals surface area contributed by atoms with Crippen LogP contribution in [0.2, 0.25) is 0 Å². The van der Waals surface area contributed by atoms with Gasteiger partial charge in [0, 0.05) is 24.1 Å². The maximum Gasteiger partial charge on any atom is 0.268 e. The van der Waals surface area contributed by atoms with E-state index in [0.29, 0.717) is 31.9 Å². The monoisotopic (exact) mass is 329 g/mol. The van der Waals surface area contributed by atoms with E-state index < -0.39 is 0 Å². The number of pyridine rings is 1. The van der Waals surface area contributed by atoms with Crippen molar-refractivity contribution >= 4 is 17.7 Å². The summed E-state index contributed by atoms with van der Waals surface area (Å²) < 4.78 is 5.35. The molecular formula is C17H19N3O2S. The van der Waals surface area contributed by atoms with Gasteiger partial charge in [0.15, 0.2) is 0 Å². The van der Waals surface area contributed by atoms with Gasteiger partial charge >= 0.3 is 0 Å². The molecule has 0 saturated carbocycles. The van der Waals surface area contributed by atoms with E-state index in [1.807, 2.05) is 24.3 Å². The second-order valence-corrected chi connectivity index (χ2v) is 6.13. The van der Waals surface area contributed by atoms with Gasteiger partial charge in [-0.15, -0.1) is 11.8 Å². The smallest absolute Gasteiger partial charge is 0.268 e. The van der Waals surface area contributed by atoms with Crippen molar-refractivity contribution in [2.24, 2.45) is 0 Å². The van der Waals surface area contributed by atoms with Crippen molar-refractivity contribution in [3.8, 4) is 0 Å². The first kappa shape index (κ1) is 16.0. The number of hydrogen-bond acceptors (Lipinski definition) is 5. The van der Waals surface area contributed by atoms with Crippen LogP contribution in [0.5, 0.6) is 0 Å². The van der Waals surface area contributed by atoms with E-state index in [1.165, 1.54) is 5.56 Å². The highest BCUT2D eigenvalue weighted by atomic mass is 32.2. The number of ether oxygens (including phenoxy) is 1. The Morgan fingerprint density at radius 2 is 2.13 bits per heavy atom. The number of nitrogens with zero attached hydrogens (tertiary/aromatic N) is 2. The standard InChI is InChI=1S/C17H19N3O2S/c21-17(20-9-11-22-10-8-19-20)15-6-7-18-16(12-15)23-13-14-4-2-1-3-5-14/h1-7,12,19H,8-11,13H2. The summed E-state index contributed by atoms with van der Waals surface area (Å²) in [6.07, 6.45) is 1.69. The molecule has 6 heteroatoms. The number of benzene rings is 1. The Morgan fingerprint density at radius 1 is 1.26 bits per heavy atom. The zero-order chi connectivity index (χ0) is 15.9. The van der Waals surface area contributed by atoms with Crippen molar-refractivity contribution in [3.05, 3.63) is 59.8 Å². The molecule has 2 heterocycles. The second-order valence-electron chi connectivity index (χ2n) is 5.13. The van der Waals surface area contributed by atoms with Crippen molar-refractivity contribution < 1.29 is 9.53 Å². The van der Waals surface area contributed by atoms with Gasteiger partial charge in [0.25, 0.3) is 5.91 Å². The number of rotatable bonds is 4. The van der Waals surface area contributed by atoms with Crippen LogP contribution in [0.15, 0.2) is 53.7 Å². The van der Waals surface area contributed by atoms with Gasteiger partial charge in [0.05, 0.1) is 24.8 Å². The minimum atomic E-state index is -0.0422. The topological polar surface area (TPSA) is 54.5 Å². The van der Waals surface area contributed by atoms with E-state index >= 15 is 0 Å². The van der Waals surface area contributed by atoms with Crippen LogP contribution < -0.4 is 5.43 Å². The van der Waals surface area contributed by atoms with E-state index in [-0.39, 0.29) is 5.91 Å². The molecule has 1 aromatic carbocycles. The van der Waals surface area contributed by atoms with Crippen LogP contribution in [0.4, 0.5) is 0 Å². The molecule has 120 valence electrons. The summed E-state index contributed by atoms with van der Waals surface area (Å²) in [6.45, 7) is 2.37. The molecule has 1 aliphatic heterocycles. The molecule has 0 unspecified atom stereocenters. The molecule has 5 nitrogen and oxygen atoms in total. The van der Waals surface area contributed by atoms with Crippen LogP contribution in [0, 0.1) is 0 Å². The Kier molecular flexibility index (Phi) is 5.63. The van der Waals surface area contributed by atoms with E-state index in [0.717, 1.165) is 10.8 Å². The van der Waals surface area contributed by atoms with Gasteiger partial charge in [0.2, 0.25) is 0 Å². The molecule has 0 aliphatic carbocycles. The van der Waals surface area contributed by atoms with Crippen LogP contribution in [0.1, 0.15) is 15.9 Å². The Morgan fingerprint density at radius 3 is 3.00 bits per heavy atom. The number of thioether (sulfide) groups is 1. The Hall–Kier alpha value is -1.89. The predicted octanol–water partition coefficient (Wildman–Crippen LogP) is 2.35. The lowest BCUT2D eigenvalue weighted by atomic mass is 10.2. The summed E-state index contributed by atoms with van der Waals surface area (Å²) in [5.74, 6) is 0.792. The third-order valence-electron chi connectivity index (χ3n) is 3.46. The second kappa shape index (κ2) is 8.10. The predicted molar refractivity (Wildman–Crippen MR) is 90.1 cm³/mol. The van der Waals surface area contributed by atoms with Gasteiger partial charge in [0.1, 0.15) is 0 Å². The van der Waals surface area contributed by atoms with Crippen LogP contribution in [-0.4, -0.2) is 42.2 Å². The number of aromatic nitrogens is 1. The molecule has 1 aromatic heterocycles. The summed E-state index contributed by atoms with van der Waals surface area (Å²) in [4.78, 5) is 16.9. The molecule has 23 heavy (non-hydrogen) atoms. The largest absolute Gasteiger partial charge is 0.378 e. The highest BCUT2D eigenvalue weighted by molar-refractivity contribution is 7.98. The van der Waals surface area contributed by atoms with Gasteiger partial charge in [-0.3, -0.25) is 9.80 Å². The van der Waals surface area contributed by atoms with Crippen LogP contribution in [0.25, 0.3) is 0 Å². The first-order valence-corrected chi connectivity index (χ1v) is 8.57. The van der Waals surface area contributed by atoms with E-state index in [9.17, 15) is 4.79 Å². The fraction of sp³-hybridized carbons (Fsp3) is 0.294. The molecular weight excluding hydrogens is 310 g/mol. The Labute approximate surface area is 140 Å². The molecule has 0 atom stereocenters. The summed E-state index contributed by atoms with van der Waals surface area (Å²) in [7, 11) is 0. The van der Waals surface area contributed by atoms with Gasteiger partial charge < -0.3 is 4.74 Å². The fourth-order valence-electron chi connectivity index (χ4n) is 2.27. The van der Waals surface area contributed by atoms with E-state index in [1.54, 1.807) is 29.0 Å². The summed E-state index contributed by atoms with van der Waals surface area (Å²) in [6, 6.07) is 13.8. The fourth-order valence-corrected chi connectivity index (χ4v) is 3.12. The van der Waals surface area contributed by atoms with Crippen molar-refractivity contribution in [3.63, 3.8) is 0 Å². The third-order valence-corrected chi connectivity index (χ3v) is 4.46. The minimum Gasteiger partial charge on any atom is -0.378 e. The first-order valence-electron chi connectivity index (χ1n) is 7.59. The molecule has 0 bridgehead atoms. The van der Waals surface area contributed by atoms with Crippen LogP contribution >= 0.6 is 11.8 Å². The maximum atomic E-state index is 12.5. The normalized spacial score (nSPS) is 15.2. The molecule has 2 aromatic rings.